The maximum atomic E-state index is 12.4. The summed E-state index contributed by atoms with van der Waals surface area (Å²) in [5, 5.41) is 7.18. The lowest BCUT2D eigenvalue weighted by Crippen LogP contribution is -2.40. The second-order valence-corrected chi connectivity index (χ2v) is 6.11. The molecule has 1 fully saturated rings. The standard InChI is InChI=1S/C17H24N4O2/c1-13-14(11-19-20(13)2)17(22)18-12-15(16-7-6-10-23-16)21-8-4-3-5-9-21/h6-7,10-11,15H,3-5,8-9,12H2,1-2H3,(H,18,22)/t15-/m0/s1. The molecule has 1 aliphatic rings. The minimum absolute atomic E-state index is 0.0795. The van der Waals surface area contributed by atoms with Gasteiger partial charge >= 0.3 is 0 Å². The molecule has 3 heterocycles. The minimum Gasteiger partial charge on any atom is -0.468 e. The van der Waals surface area contributed by atoms with E-state index in [9.17, 15) is 4.79 Å². The number of hydrogen-bond acceptors (Lipinski definition) is 4. The van der Waals surface area contributed by atoms with Gasteiger partial charge in [0.1, 0.15) is 5.76 Å². The summed E-state index contributed by atoms with van der Waals surface area (Å²) in [7, 11) is 1.84. The summed E-state index contributed by atoms with van der Waals surface area (Å²) >= 11 is 0. The largest absolute Gasteiger partial charge is 0.468 e. The summed E-state index contributed by atoms with van der Waals surface area (Å²) in [6.45, 7) is 4.54. The highest BCUT2D eigenvalue weighted by Gasteiger charge is 2.25. The molecule has 0 unspecified atom stereocenters. The highest BCUT2D eigenvalue weighted by Crippen LogP contribution is 2.24. The Hall–Kier alpha value is -2.08. The molecule has 2 aromatic rings. The third-order valence-electron chi connectivity index (χ3n) is 4.64. The molecule has 6 heteroatoms. The van der Waals surface area contributed by atoms with Gasteiger partial charge in [0.05, 0.1) is 24.1 Å². The second kappa shape index (κ2) is 7.00. The topological polar surface area (TPSA) is 63.3 Å². The van der Waals surface area contributed by atoms with Gasteiger partial charge in [0, 0.05) is 19.3 Å². The number of likely N-dealkylation sites (tertiary alicyclic amines) is 1. The number of nitrogens with zero attached hydrogens (tertiary/aromatic N) is 3. The van der Waals surface area contributed by atoms with Crippen molar-refractivity contribution in [1.29, 1.82) is 0 Å². The van der Waals surface area contributed by atoms with Crippen LogP contribution in [0.3, 0.4) is 0 Å². The number of furan rings is 1. The predicted molar refractivity (Wildman–Crippen MR) is 87.2 cm³/mol. The Balaban J connectivity index is 1.69. The molecule has 0 bridgehead atoms. The molecule has 124 valence electrons. The molecule has 0 saturated carbocycles. The Morgan fingerprint density at radius 1 is 1.39 bits per heavy atom. The number of carbonyl (C=O) groups excluding carboxylic acids is 1. The number of hydrogen-bond donors (Lipinski definition) is 1. The minimum atomic E-state index is -0.0795. The van der Waals surface area contributed by atoms with Crippen LogP contribution in [0, 0.1) is 6.92 Å². The molecule has 1 saturated heterocycles. The molecular weight excluding hydrogens is 292 g/mol. The van der Waals surface area contributed by atoms with Crippen LogP contribution >= 0.6 is 0 Å². The van der Waals surface area contributed by atoms with Crippen molar-refractivity contribution < 1.29 is 9.21 Å². The van der Waals surface area contributed by atoms with Crippen LogP contribution in [-0.4, -0.2) is 40.2 Å². The zero-order chi connectivity index (χ0) is 16.2. The van der Waals surface area contributed by atoms with E-state index in [2.05, 4.69) is 15.3 Å². The Morgan fingerprint density at radius 2 is 2.17 bits per heavy atom. The van der Waals surface area contributed by atoms with Gasteiger partial charge in [-0.2, -0.15) is 5.10 Å². The van der Waals surface area contributed by atoms with Crippen molar-refractivity contribution in [3.05, 3.63) is 41.6 Å². The van der Waals surface area contributed by atoms with E-state index in [4.69, 9.17) is 4.42 Å². The van der Waals surface area contributed by atoms with E-state index in [0.29, 0.717) is 12.1 Å². The molecule has 1 amide bonds. The van der Waals surface area contributed by atoms with Crippen LogP contribution in [0.2, 0.25) is 0 Å². The molecule has 0 radical (unpaired) electrons. The van der Waals surface area contributed by atoms with Crippen molar-refractivity contribution in [3.8, 4) is 0 Å². The number of aryl methyl sites for hydroxylation is 1. The highest BCUT2D eigenvalue weighted by atomic mass is 16.3. The predicted octanol–water partition coefficient (Wildman–Crippen LogP) is 2.28. The third-order valence-corrected chi connectivity index (χ3v) is 4.64. The summed E-state index contributed by atoms with van der Waals surface area (Å²) in [6, 6.07) is 3.98. The first-order valence-corrected chi connectivity index (χ1v) is 8.21. The molecule has 6 nitrogen and oxygen atoms in total. The van der Waals surface area contributed by atoms with E-state index in [1.165, 1.54) is 19.3 Å². The molecule has 2 aromatic heterocycles. The van der Waals surface area contributed by atoms with Crippen molar-refractivity contribution in [2.75, 3.05) is 19.6 Å². The number of rotatable bonds is 5. The normalized spacial score (nSPS) is 17.1. The van der Waals surface area contributed by atoms with Gasteiger partial charge in [-0.15, -0.1) is 0 Å². The van der Waals surface area contributed by atoms with E-state index < -0.39 is 0 Å². The van der Waals surface area contributed by atoms with Crippen LogP contribution in [0.1, 0.15) is 47.1 Å². The molecule has 3 rings (SSSR count). The van der Waals surface area contributed by atoms with Crippen LogP contribution in [0.15, 0.2) is 29.0 Å². The lowest BCUT2D eigenvalue weighted by Gasteiger charge is -2.33. The Morgan fingerprint density at radius 3 is 2.78 bits per heavy atom. The number of nitrogens with one attached hydrogen (secondary N) is 1. The first kappa shape index (κ1) is 15.8. The van der Waals surface area contributed by atoms with Gasteiger partial charge < -0.3 is 9.73 Å². The van der Waals surface area contributed by atoms with Crippen molar-refractivity contribution in [2.24, 2.45) is 7.05 Å². The quantitative estimate of drug-likeness (QED) is 0.919. The van der Waals surface area contributed by atoms with Crippen molar-refractivity contribution in [2.45, 2.75) is 32.2 Å². The van der Waals surface area contributed by atoms with Crippen LogP contribution < -0.4 is 5.32 Å². The van der Waals surface area contributed by atoms with E-state index in [1.807, 2.05) is 26.1 Å². The van der Waals surface area contributed by atoms with Gasteiger partial charge in [-0.25, -0.2) is 0 Å². The lowest BCUT2D eigenvalue weighted by atomic mass is 10.1. The van der Waals surface area contributed by atoms with E-state index >= 15 is 0 Å². The van der Waals surface area contributed by atoms with Crippen molar-refractivity contribution in [1.82, 2.24) is 20.0 Å². The van der Waals surface area contributed by atoms with Gasteiger partial charge in [0.2, 0.25) is 0 Å². The van der Waals surface area contributed by atoms with E-state index in [1.54, 1.807) is 17.1 Å². The Bertz CT molecular complexity index is 642. The average molecular weight is 316 g/mol. The number of aromatic nitrogens is 2. The zero-order valence-corrected chi connectivity index (χ0v) is 13.8. The SMILES string of the molecule is Cc1c(C(=O)NC[C@@H](c2ccco2)N2CCCCC2)cnn1C. The maximum Gasteiger partial charge on any atom is 0.254 e. The Kier molecular flexibility index (Phi) is 4.81. The van der Waals surface area contributed by atoms with Crippen LogP contribution in [-0.2, 0) is 7.05 Å². The maximum absolute atomic E-state index is 12.4. The highest BCUT2D eigenvalue weighted by molar-refractivity contribution is 5.95. The number of carbonyl (C=O) groups is 1. The van der Waals surface area contributed by atoms with Crippen molar-refractivity contribution in [3.63, 3.8) is 0 Å². The fraction of sp³-hybridized carbons (Fsp3) is 0.529. The van der Waals surface area contributed by atoms with Gasteiger partial charge in [0.25, 0.3) is 5.91 Å². The molecule has 23 heavy (non-hydrogen) atoms. The van der Waals surface area contributed by atoms with Crippen LogP contribution in [0.25, 0.3) is 0 Å². The van der Waals surface area contributed by atoms with E-state index in [-0.39, 0.29) is 11.9 Å². The molecule has 0 aromatic carbocycles. The molecule has 1 N–H and O–H groups in total. The summed E-state index contributed by atoms with van der Waals surface area (Å²) in [5.41, 5.74) is 1.50. The monoisotopic (exact) mass is 316 g/mol. The van der Waals surface area contributed by atoms with Crippen LogP contribution in [0.5, 0.6) is 0 Å². The summed E-state index contributed by atoms with van der Waals surface area (Å²) in [4.78, 5) is 14.8. The fourth-order valence-electron chi connectivity index (χ4n) is 3.13. The first-order valence-electron chi connectivity index (χ1n) is 8.21. The van der Waals surface area contributed by atoms with E-state index in [0.717, 1.165) is 24.5 Å². The fourth-order valence-corrected chi connectivity index (χ4v) is 3.13. The molecule has 1 aliphatic heterocycles. The van der Waals surface area contributed by atoms with Gasteiger partial charge in [-0.05, 0) is 45.0 Å². The summed E-state index contributed by atoms with van der Waals surface area (Å²) in [6.07, 6.45) is 7.00. The smallest absolute Gasteiger partial charge is 0.254 e. The molecule has 1 atom stereocenters. The van der Waals surface area contributed by atoms with Crippen LogP contribution in [0.4, 0.5) is 0 Å². The number of amides is 1. The lowest BCUT2D eigenvalue weighted by molar-refractivity contribution is 0.0913. The molecule has 0 spiro atoms. The van der Waals surface area contributed by atoms with Gasteiger partial charge in [-0.3, -0.25) is 14.4 Å². The average Bonchev–Trinajstić information content (AvgIpc) is 3.20. The molecule has 0 aliphatic carbocycles. The Labute approximate surface area is 136 Å². The first-order chi connectivity index (χ1) is 11.2. The zero-order valence-electron chi connectivity index (χ0n) is 13.8. The second-order valence-electron chi connectivity index (χ2n) is 6.11. The van der Waals surface area contributed by atoms with Gasteiger partial charge in [-0.1, -0.05) is 6.42 Å². The summed E-state index contributed by atoms with van der Waals surface area (Å²) in [5.74, 6) is 0.833. The summed E-state index contributed by atoms with van der Waals surface area (Å²) < 4.78 is 7.32. The third kappa shape index (κ3) is 3.47. The molecular formula is C17H24N4O2. The number of piperidine rings is 1. The van der Waals surface area contributed by atoms with Gasteiger partial charge in [0.15, 0.2) is 0 Å². The van der Waals surface area contributed by atoms with Crippen molar-refractivity contribution >= 4 is 5.91 Å².